The molecule has 0 saturated heterocycles. The lowest BCUT2D eigenvalue weighted by Crippen LogP contribution is -2.33. The van der Waals surface area contributed by atoms with Gasteiger partial charge in [-0.1, -0.05) is 0 Å². The molecule has 1 aromatic rings. The predicted molar refractivity (Wildman–Crippen MR) is 72.6 cm³/mol. The Balaban J connectivity index is 3.00. The number of rotatable bonds is 6. The maximum absolute atomic E-state index is 12.6. The minimum Gasteiger partial charge on any atom is -0.478 e. The molecular formula is C14H18F3NO3. The van der Waals surface area contributed by atoms with Crippen molar-refractivity contribution in [2.45, 2.75) is 32.5 Å². The third kappa shape index (κ3) is 4.93. The van der Waals surface area contributed by atoms with Crippen molar-refractivity contribution in [2.75, 3.05) is 18.5 Å². The highest BCUT2D eigenvalue weighted by Crippen LogP contribution is 2.32. The fourth-order valence-corrected chi connectivity index (χ4v) is 1.80. The average Bonchev–Trinajstić information content (AvgIpc) is 2.35. The Morgan fingerprint density at radius 1 is 1.33 bits per heavy atom. The van der Waals surface area contributed by atoms with Crippen LogP contribution >= 0.6 is 0 Å². The topological polar surface area (TPSA) is 58.6 Å². The van der Waals surface area contributed by atoms with Crippen molar-refractivity contribution in [2.24, 2.45) is 0 Å². The Hall–Kier alpha value is -1.76. The number of hydrogen-bond acceptors (Lipinski definition) is 3. The number of ether oxygens (including phenoxy) is 1. The zero-order chi connectivity index (χ0) is 16.3. The molecule has 0 aliphatic rings. The minimum atomic E-state index is -4.58. The molecule has 0 aliphatic heterocycles. The fraction of sp³-hybridized carbons (Fsp3) is 0.500. The molecule has 0 unspecified atom stereocenters. The second-order valence-electron chi connectivity index (χ2n) is 5.11. The highest BCUT2D eigenvalue weighted by Gasteiger charge is 2.32. The predicted octanol–water partition coefficient (Wildman–Crippen LogP) is 3.63. The zero-order valence-corrected chi connectivity index (χ0v) is 12.0. The third-order valence-corrected chi connectivity index (χ3v) is 2.82. The molecule has 1 rings (SSSR count). The van der Waals surface area contributed by atoms with E-state index in [0.29, 0.717) is 12.7 Å². The smallest absolute Gasteiger partial charge is 0.416 e. The van der Waals surface area contributed by atoms with Crippen LogP contribution in [0.2, 0.25) is 0 Å². The van der Waals surface area contributed by atoms with Gasteiger partial charge in [-0.2, -0.15) is 13.2 Å². The largest absolute Gasteiger partial charge is 0.478 e. The first-order chi connectivity index (χ1) is 9.57. The third-order valence-electron chi connectivity index (χ3n) is 2.82. The van der Waals surface area contributed by atoms with Crippen molar-refractivity contribution in [1.29, 1.82) is 0 Å². The van der Waals surface area contributed by atoms with Gasteiger partial charge < -0.3 is 15.2 Å². The lowest BCUT2D eigenvalue weighted by atomic mass is 10.1. The van der Waals surface area contributed by atoms with Crippen molar-refractivity contribution in [1.82, 2.24) is 0 Å². The van der Waals surface area contributed by atoms with E-state index in [2.05, 4.69) is 5.32 Å². The highest BCUT2D eigenvalue weighted by molar-refractivity contribution is 5.94. The van der Waals surface area contributed by atoms with Crippen molar-refractivity contribution >= 4 is 11.7 Å². The van der Waals surface area contributed by atoms with Crippen LogP contribution in [0.25, 0.3) is 0 Å². The van der Waals surface area contributed by atoms with E-state index < -0.39 is 28.9 Å². The van der Waals surface area contributed by atoms with Gasteiger partial charge in [-0.3, -0.25) is 0 Å². The summed E-state index contributed by atoms with van der Waals surface area (Å²) in [7, 11) is 0. The van der Waals surface area contributed by atoms with E-state index in [1.165, 1.54) is 0 Å². The second-order valence-corrected chi connectivity index (χ2v) is 5.11. The van der Waals surface area contributed by atoms with Crippen molar-refractivity contribution in [3.63, 3.8) is 0 Å². The van der Waals surface area contributed by atoms with Gasteiger partial charge >= 0.3 is 12.1 Å². The molecule has 0 fully saturated rings. The Labute approximate surface area is 120 Å². The van der Waals surface area contributed by atoms with E-state index in [0.717, 1.165) is 12.1 Å². The molecule has 0 spiro atoms. The summed E-state index contributed by atoms with van der Waals surface area (Å²) in [6.45, 7) is 6.17. The van der Waals surface area contributed by atoms with Crippen molar-refractivity contribution in [3.05, 3.63) is 29.3 Å². The summed E-state index contributed by atoms with van der Waals surface area (Å²) in [6.07, 6.45) is -4.58. The lowest BCUT2D eigenvalue weighted by molar-refractivity contribution is -0.137. The molecule has 0 radical (unpaired) electrons. The van der Waals surface area contributed by atoms with Crippen LogP contribution in [0.4, 0.5) is 18.9 Å². The summed E-state index contributed by atoms with van der Waals surface area (Å²) in [5.74, 6) is -1.42. The molecule has 1 aromatic carbocycles. The molecule has 4 nitrogen and oxygen atoms in total. The quantitative estimate of drug-likeness (QED) is 0.842. The van der Waals surface area contributed by atoms with E-state index in [-0.39, 0.29) is 12.2 Å². The molecule has 0 aromatic heterocycles. The van der Waals surface area contributed by atoms with Gasteiger partial charge in [0.05, 0.1) is 16.7 Å². The second kappa shape index (κ2) is 6.34. The summed E-state index contributed by atoms with van der Waals surface area (Å²) in [4.78, 5) is 11.1. The van der Waals surface area contributed by atoms with E-state index in [1.54, 1.807) is 13.8 Å². The maximum Gasteiger partial charge on any atom is 0.416 e. The normalized spacial score (nSPS) is 12.3. The number of carbonyl (C=O) groups is 1. The van der Waals surface area contributed by atoms with Gasteiger partial charge in [-0.25, -0.2) is 4.79 Å². The molecule has 0 saturated carbocycles. The minimum absolute atomic E-state index is 0.128. The van der Waals surface area contributed by atoms with Gasteiger partial charge in [0.1, 0.15) is 0 Å². The molecule has 7 heteroatoms. The van der Waals surface area contributed by atoms with Crippen LogP contribution in [-0.4, -0.2) is 29.8 Å². The maximum atomic E-state index is 12.6. The van der Waals surface area contributed by atoms with Gasteiger partial charge in [-0.05, 0) is 39.0 Å². The van der Waals surface area contributed by atoms with Crippen LogP contribution in [-0.2, 0) is 10.9 Å². The summed E-state index contributed by atoms with van der Waals surface area (Å²) < 4.78 is 43.3. The molecule has 0 bridgehead atoms. The number of hydrogen-bond donors (Lipinski definition) is 2. The Bertz CT molecular complexity index is 513. The summed E-state index contributed by atoms with van der Waals surface area (Å²) >= 11 is 0. The van der Waals surface area contributed by atoms with Gasteiger partial charge in [0, 0.05) is 18.8 Å². The van der Waals surface area contributed by atoms with Crippen LogP contribution < -0.4 is 5.32 Å². The van der Waals surface area contributed by atoms with E-state index in [1.807, 2.05) is 6.92 Å². The van der Waals surface area contributed by atoms with Crippen LogP contribution in [0.15, 0.2) is 18.2 Å². The van der Waals surface area contributed by atoms with Crippen LogP contribution in [0.1, 0.15) is 36.7 Å². The summed E-state index contributed by atoms with van der Waals surface area (Å²) in [5.41, 5.74) is -1.84. The number of anilines is 1. The molecule has 0 atom stereocenters. The number of carboxylic acids is 1. The first-order valence-electron chi connectivity index (χ1n) is 6.39. The standard InChI is InChI=1S/C14H18F3NO3/c1-4-21-13(2,3)8-18-11-6-5-9(14(15,16)17)7-10(11)12(19)20/h5-7,18H,4,8H2,1-3H3,(H,19,20). The molecule has 118 valence electrons. The molecule has 21 heavy (non-hydrogen) atoms. The van der Waals surface area contributed by atoms with Crippen molar-refractivity contribution in [3.8, 4) is 0 Å². The molecule has 0 aliphatic carbocycles. The Morgan fingerprint density at radius 3 is 2.43 bits per heavy atom. The number of aromatic carboxylic acids is 1. The fourth-order valence-electron chi connectivity index (χ4n) is 1.80. The SMILES string of the molecule is CCOC(C)(C)CNc1ccc(C(F)(F)F)cc1C(=O)O. The average molecular weight is 305 g/mol. The summed E-state index contributed by atoms with van der Waals surface area (Å²) in [5, 5.41) is 11.9. The van der Waals surface area contributed by atoms with Gasteiger partial charge in [-0.15, -0.1) is 0 Å². The Kier molecular flexibility index (Phi) is 5.22. The van der Waals surface area contributed by atoms with E-state index in [9.17, 15) is 18.0 Å². The van der Waals surface area contributed by atoms with Crippen LogP contribution in [0, 0.1) is 0 Å². The van der Waals surface area contributed by atoms with E-state index >= 15 is 0 Å². The first kappa shape index (κ1) is 17.3. The Morgan fingerprint density at radius 2 is 1.95 bits per heavy atom. The van der Waals surface area contributed by atoms with Gasteiger partial charge in [0.15, 0.2) is 0 Å². The number of alkyl halides is 3. The van der Waals surface area contributed by atoms with E-state index in [4.69, 9.17) is 9.84 Å². The zero-order valence-electron chi connectivity index (χ0n) is 12.0. The molecule has 2 N–H and O–H groups in total. The number of carboxylic acid groups (broad SMARTS) is 1. The highest BCUT2D eigenvalue weighted by atomic mass is 19.4. The number of nitrogens with one attached hydrogen (secondary N) is 1. The van der Waals surface area contributed by atoms with Crippen LogP contribution in [0.3, 0.4) is 0 Å². The molecular weight excluding hydrogens is 287 g/mol. The lowest BCUT2D eigenvalue weighted by Gasteiger charge is -2.26. The summed E-state index contributed by atoms with van der Waals surface area (Å²) in [6, 6.07) is 2.59. The number of halogens is 3. The molecule has 0 heterocycles. The van der Waals surface area contributed by atoms with Crippen LogP contribution in [0.5, 0.6) is 0 Å². The van der Waals surface area contributed by atoms with Gasteiger partial charge in [0.25, 0.3) is 0 Å². The monoisotopic (exact) mass is 305 g/mol. The number of benzene rings is 1. The molecule has 0 amide bonds. The van der Waals surface area contributed by atoms with Crippen molar-refractivity contribution < 1.29 is 27.8 Å². The first-order valence-corrected chi connectivity index (χ1v) is 6.39. The van der Waals surface area contributed by atoms with Gasteiger partial charge in [0.2, 0.25) is 0 Å².